The van der Waals surface area contributed by atoms with Crippen LogP contribution in [0.2, 0.25) is 5.02 Å². The highest BCUT2D eigenvalue weighted by Crippen LogP contribution is 2.29. The van der Waals surface area contributed by atoms with E-state index in [0.717, 1.165) is 10.6 Å². The number of nitrogens with one attached hydrogen (secondary N) is 1. The van der Waals surface area contributed by atoms with Crippen molar-refractivity contribution in [2.45, 2.75) is 0 Å². The normalized spacial score (nSPS) is 10.9. The Kier molecular flexibility index (Phi) is 6.87. The predicted octanol–water partition coefficient (Wildman–Crippen LogP) is 2.54. The number of anilines is 2. The van der Waals surface area contributed by atoms with Gasteiger partial charge in [0, 0.05) is 0 Å². The van der Waals surface area contributed by atoms with Crippen molar-refractivity contribution in [1.29, 1.82) is 0 Å². The Hall–Kier alpha value is -2.78. The van der Waals surface area contributed by atoms with Crippen LogP contribution in [0, 0.1) is 0 Å². The molecule has 28 heavy (non-hydrogen) atoms. The number of hydrogen-bond acceptors (Lipinski definition) is 6. The first-order valence-corrected chi connectivity index (χ1v) is 10.2. The van der Waals surface area contributed by atoms with E-state index in [1.54, 1.807) is 18.2 Å². The van der Waals surface area contributed by atoms with E-state index in [1.165, 1.54) is 38.5 Å². The van der Waals surface area contributed by atoms with Gasteiger partial charge in [-0.05, 0) is 30.3 Å². The molecule has 0 heterocycles. The summed E-state index contributed by atoms with van der Waals surface area (Å²) in [7, 11) is -1.16. The molecule has 0 aromatic heterocycles. The van der Waals surface area contributed by atoms with Gasteiger partial charge in [0.2, 0.25) is 15.9 Å². The number of benzene rings is 2. The van der Waals surface area contributed by atoms with Crippen molar-refractivity contribution in [2.75, 3.05) is 36.6 Å². The summed E-state index contributed by atoms with van der Waals surface area (Å²) in [6.45, 7) is -0.516. The monoisotopic (exact) mass is 426 g/mol. The van der Waals surface area contributed by atoms with Gasteiger partial charge < -0.3 is 14.8 Å². The maximum atomic E-state index is 12.5. The summed E-state index contributed by atoms with van der Waals surface area (Å²) in [6.07, 6.45) is 0.984. The lowest BCUT2D eigenvalue weighted by Gasteiger charge is -2.23. The molecule has 2 aromatic carbocycles. The second kappa shape index (κ2) is 8.94. The van der Waals surface area contributed by atoms with Gasteiger partial charge in [0.05, 0.1) is 42.4 Å². The summed E-state index contributed by atoms with van der Waals surface area (Å²) in [5.74, 6) is -0.953. The molecule has 0 saturated heterocycles. The molecule has 0 spiro atoms. The largest absolute Gasteiger partial charge is 0.495 e. The quantitative estimate of drug-likeness (QED) is 0.682. The van der Waals surface area contributed by atoms with Crippen molar-refractivity contribution >= 4 is 44.9 Å². The van der Waals surface area contributed by atoms with Gasteiger partial charge in [0.25, 0.3) is 0 Å². The molecule has 0 aliphatic carbocycles. The first-order valence-electron chi connectivity index (χ1n) is 7.95. The summed E-state index contributed by atoms with van der Waals surface area (Å²) in [4.78, 5) is 24.2. The molecule has 0 unspecified atom stereocenters. The predicted molar refractivity (Wildman–Crippen MR) is 107 cm³/mol. The van der Waals surface area contributed by atoms with E-state index in [-0.39, 0.29) is 22.0 Å². The molecule has 0 aliphatic rings. The maximum Gasteiger partial charge on any atom is 0.337 e. The van der Waals surface area contributed by atoms with Crippen LogP contribution in [0.1, 0.15) is 10.4 Å². The molecule has 2 rings (SSSR count). The van der Waals surface area contributed by atoms with Gasteiger partial charge in [-0.25, -0.2) is 13.2 Å². The van der Waals surface area contributed by atoms with Crippen LogP contribution in [0.3, 0.4) is 0 Å². The molecule has 0 aliphatic heterocycles. The van der Waals surface area contributed by atoms with E-state index < -0.39 is 28.4 Å². The van der Waals surface area contributed by atoms with Crippen molar-refractivity contribution < 1.29 is 27.5 Å². The number of nitrogens with zero attached hydrogens (tertiary/aromatic N) is 1. The van der Waals surface area contributed by atoms with Gasteiger partial charge in [-0.3, -0.25) is 9.10 Å². The van der Waals surface area contributed by atoms with Gasteiger partial charge in [0.15, 0.2) is 0 Å². The van der Waals surface area contributed by atoms with Crippen LogP contribution < -0.4 is 14.4 Å². The first-order chi connectivity index (χ1) is 13.2. The Morgan fingerprint density at radius 1 is 1.14 bits per heavy atom. The van der Waals surface area contributed by atoms with Crippen LogP contribution in [-0.2, 0) is 19.6 Å². The second-order valence-electron chi connectivity index (χ2n) is 5.68. The standard InChI is InChI=1S/C18H19ClN2O6S/c1-26-16-7-5-4-6-15(16)21(28(3,24)25)11-17(22)20-14-10-12(18(23)27-2)8-9-13(14)19/h4-10H,11H2,1-3H3,(H,20,22). The Balaban J connectivity index is 2.30. The van der Waals surface area contributed by atoms with Crippen molar-refractivity contribution in [3.8, 4) is 5.75 Å². The molecule has 1 N–H and O–H groups in total. The summed E-state index contributed by atoms with van der Waals surface area (Å²) < 4.78 is 35.2. The zero-order valence-electron chi connectivity index (χ0n) is 15.4. The topological polar surface area (TPSA) is 102 Å². The minimum absolute atomic E-state index is 0.156. The molecule has 0 radical (unpaired) electrons. The van der Waals surface area contributed by atoms with Gasteiger partial charge in [0.1, 0.15) is 12.3 Å². The van der Waals surface area contributed by atoms with Crippen LogP contribution in [0.25, 0.3) is 0 Å². The van der Waals surface area contributed by atoms with Crippen LogP contribution in [0.15, 0.2) is 42.5 Å². The number of ether oxygens (including phenoxy) is 2. The average molecular weight is 427 g/mol. The van der Waals surface area contributed by atoms with Gasteiger partial charge in [-0.2, -0.15) is 0 Å². The fraction of sp³-hybridized carbons (Fsp3) is 0.222. The van der Waals surface area contributed by atoms with Crippen LogP contribution >= 0.6 is 11.6 Å². The molecule has 0 bridgehead atoms. The van der Waals surface area contributed by atoms with Crippen LogP contribution in [0.4, 0.5) is 11.4 Å². The van der Waals surface area contributed by atoms with Crippen LogP contribution in [0.5, 0.6) is 5.75 Å². The van der Waals surface area contributed by atoms with Crippen molar-refractivity contribution in [3.63, 3.8) is 0 Å². The molecule has 0 fully saturated rings. The Bertz CT molecular complexity index is 993. The number of sulfonamides is 1. The maximum absolute atomic E-state index is 12.5. The molecule has 0 saturated carbocycles. The lowest BCUT2D eigenvalue weighted by molar-refractivity contribution is -0.114. The summed E-state index contributed by atoms with van der Waals surface area (Å²) >= 11 is 6.06. The smallest absolute Gasteiger partial charge is 0.337 e. The van der Waals surface area contributed by atoms with E-state index >= 15 is 0 Å². The molecule has 150 valence electrons. The van der Waals surface area contributed by atoms with Crippen molar-refractivity contribution in [3.05, 3.63) is 53.1 Å². The summed E-state index contributed by atoms with van der Waals surface area (Å²) in [5, 5.41) is 2.70. The van der Waals surface area contributed by atoms with Gasteiger partial charge >= 0.3 is 5.97 Å². The number of carbonyl (C=O) groups excluding carboxylic acids is 2. The van der Waals surface area contributed by atoms with Gasteiger partial charge in [-0.15, -0.1) is 0 Å². The van der Waals surface area contributed by atoms with E-state index in [9.17, 15) is 18.0 Å². The lowest BCUT2D eigenvalue weighted by atomic mass is 10.2. The number of methoxy groups -OCH3 is 2. The molecular weight excluding hydrogens is 408 g/mol. The van der Waals surface area contributed by atoms with Crippen molar-refractivity contribution in [2.24, 2.45) is 0 Å². The highest BCUT2D eigenvalue weighted by atomic mass is 35.5. The first kappa shape index (κ1) is 21.5. The summed E-state index contributed by atoms with van der Waals surface area (Å²) in [6, 6.07) is 10.6. The molecule has 0 atom stereocenters. The zero-order chi connectivity index (χ0) is 20.9. The minimum atomic E-state index is -3.79. The highest BCUT2D eigenvalue weighted by molar-refractivity contribution is 7.92. The van der Waals surface area contributed by atoms with E-state index in [1.807, 2.05) is 0 Å². The molecule has 8 nitrogen and oxygen atoms in total. The number of carbonyl (C=O) groups is 2. The third-order valence-electron chi connectivity index (χ3n) is 3.70. The fourth-order valence-electron chi connectivity index (χ4n) is 2.40. The SMILES string of the molecule is COC(=O)c1ccc(Cl)c(NC(=O)CN(c2ccccc2OC)S(C)(=O)=O)c1. The number of esters is 1. The van der Waals surface area contributed by atoms with Gasteiger partial charge in [-0.1, -0.05) is 23.7 Å². The molecule has 10 heteroatoms. The van der Waals surface area contributed by atoms with E-state index in [0.29, 0.717) is 5.75 Å². The number of amides is 1. The number of rotatable bonds is 7. The fourth-order valence-corrected chi connectivity index (χ4v) is 3.43. The lowest BCUT2D eigenvalue weighted by Crippen LogP contribution is -2.37. The third-order valence-corrected chi connectivity index (χ3v) is 5.16. The van der Waals surface area contributed by atoms with Crippen molar-refractivity contribution in [1.82, 2.24) is 0 Å². The highest BCUT2D eigenvalue weighted by Gasteiger charge is 2.24. The Morgan fingerprint density at radius 2 is 1.82 bits per heavy atom. The third kappa shape index (κ3) is 5.14. The minimum Gasteiger partial charge on any atom is -0.495 e. The van der Waals surface area contributed by atoms with E-state index in [4.69, 9.17) is 16.3 Å². The average Bonchev–Trinajstić information content (AvgIpc) is 2.66. The van der Waals surface area contributed by atoms with E-state index in [2.05, 4.69) is 10.1 Å². The Morgan fingerprint density at radius 3 is 2.43 bits per heavy atom. The second-order valence-corrected chi connectivity index (χ2v) is 7.99. The Labute approximate surface area is 168 Å². The zero-order valence-corrected chi connectivity index (χ0v) is 17.0. The van der Waals surface area contributed by atoms with Crippen LogP contribution in [-0.4, -0.2) is 47.3 Å². The summed E-state index contributed by atoms with van der Waals surface area (Å²) in [5.41, 5.74) is 0.562. The number of hydrogen-bond donors (Lipinski definition) is 1. The number of halogens is 1. The molecule has 2 aromatic rings. The molecule has 1 amide bonds. The molecular formula is C18H19ClN2O6S. The number of para-hydroxylation sites is 2.